The zero-order chi connectivity index (χ0) is 19.1. The molecule has 8 heteroatoms. The number of anilines is 1. The highest BCUT2D eigenvalue weighted by atomic mass is 35.5. The van der Waals surface area contributed by atoms with E-state index in [-0.39, 0.29) is 18.0 Å². The van der Waals surface area contributed by atoms with Gasteiger partial charge in [-0.1, -0.05) is 17.7 Å². The summed E-state index contributed by atoms with van der Waals surface area (Å²) in [5, 5.41) is 3.88. The van der Waals surface area contributed by atoms with Gasteiger partial charge in [-0.15, -0.1) is 0 Å². The summed E-state index contributed by atoms with van der Waals surface area (Å²) in [6, 6.07) is 8.66. The molecule has 3 heterocycles. The van der Waals surface area contributed by atoms with Crippen LogP contribution in [0.25, 0.3) is 22.2 Å². The number of aryl methyl sites for hydroxylation is 2. The lowest BCUT2D eigenvalue weighted by molar-refractivity contribution is -0.116. The number of hydrogen-bond donors (Lipinski definition) is 1. The third kappa shape index (κ3) is 3.17. The molecule has 1 aromatic carbocycles. The van der Waals surface area contributed by atoms with Crippen LogP contribution in [0.4, 0.5) is 5.69 Å². The van der Waals surface area contributed by atoms with Crippen molar-refractivity contribution in [3.63, 3.8) is 0 Å². The van der Waals surface area contributed by atoms with Crippen LogP contribution in [0.3, 0.4) is 0 Å². The molecule has 0 saturated carbocycles. The first-order valence-electron chi connectivity index (χ1n) is 8.23. The monoisotopic (exact) mass is 382 g/mol. The number of amides is 1. The lowest BCUT2D eigenvalue weighted by Crippen LogP contribution is -2.27. The Hall–Kier alpha value is -3.19. The standard InChI is InChI=1S/C19H15ClN4O3/c1-10-6-14-16-17(27-18(14)22-11(10)2)19(26)24(9-21-16)8-15(25)23-13-5-3-4-12(20)7-13/h3-7,9H,8H2,1-2H3,(H,23,25). The fourth-order valence-electron chi connectivity index (χ4n) is 2.82. The van der Waals surface area contributed by atoms with Gasteiger partial charge in [-0.05, 0) is 43.7 Å². The Balaban J connectivity index is 1.68. The molecular weight excluding hydrogens is 368 g/mol. The van der Waals surface area contributed by atoms with Crippen LogP contribution in [-0.2, 0) is 11.3 Å². The van der Waals surface area contributed by atoms with Gasteiger partial charge in [0, 0.05) is 16.4 Å². The minimum Gasteiger partial charge on any atom is -0.430 e. The highest BCUT2D eigenvalue weighted by molar-refractivity contribution is 6.30. The van der Waals surface area contributed by atoms with Gasteiger partial charge in [-0.25, -0.2) is 9.97 Å². The minimum atomic E-state index is -0.436. The predicted octanol–water partition coefficient (Wildman–Crippen LogP) is 3.45. The van der Waals surface area contributed by atoms with E-state index in [2.05, 4.69) is 15.3 Å². The van der Waals surface area contributed by atoms with Gasteiger partial charge in [0.15, 0.2) is 0 Å². The molecular formula is C19H15ClN4O3. The molecule has 4 aromatic rings. The van der Waals surface area contributed by atoms with E-state index in [1.54, 1.807) is 24.3 Å². The van der Waals surface area contributed by atoms with Crippen molar-refractivity contribution in [2.24, 2.45) is 0 Å². The fraction of sp³-hybridized carbons (Fsp3) is 0.158. The minimum absolute atomic E-state index is 0.0838. The molecule has 1 N–H and O–H groups in total. The number of carbonyl (C=O) groups is 1. The number of aromatic nitrogens is 3. The zero-order valence-electron chi connectivity index (χ0n) is 14.6. The Morgan fingerprint density at radius 3 is 2.89 bits per heavy atom. The van der Waals surface area contributed by atoms with Crippen LogP contribution in [0.5, 0.6) is 0 Å². The smallest absolute Gasteiger partial charge is 0.297 e. The second kappa shape index (κ2) is 6.51. The summed E-state index contributed by atoms with van der Waals surface area (Å²) in [7, 11) is 0. The summed E-state index contributed by atoms with van der Waals surface area (Å²) in [5.74, 6) is -0.374. The molecule has 0 aliphatic rings. The first-order valence-corrected chi connectivity index (χ1v) is 8.61. The van der Waals surface area contributed by atoms with E-state index in [0.29, 0.717) is 27.3 Å². The van der Waals surface area contributed by atoms with Crippen LogP contribution >= 0.6 is 11.6 Å². The van der Waals surface area contributed by atoms with Crippen molar-refractivity contribution in [2.75, 3.05) is 5.32 Å². The van der Waals surface area contributed by atoms with E-state index >= 15 is 0 Å². The number of pyridine rings is 1. The Morgan fingerprint density at radius 1 is 1.30 bits per heavy atom. The largest absolute Gasteiger partial charge is 0.430 e. The normalized spacial score (nSPS) is 11.2. The SMILES string of the molecule is Cc1cc2c(nc1C)oc1c(=O)n(CC(=O)Nc3cccc(Cl)c3)cnc12. The van der Waals surface area contributed by atoms with Crippen molar-refractivity contribution >= 4 is 45.4 Å². The Kier molecular flexibility index (Phi) is 4.16. The number of fused-ring (bicyclic) bond motifs is 3. The van der Waals surface area contributed by atoms with Gasteiger partial charge in [0.05, 0.1) is 11.7 Å². The Labute approximate surface area is 158 Å². The van der Waals surface area contributed by atoms with E-state index in [1.165, 1.54) is 10.9 Å². The fourth-order valence-corrected chi connectivity index (χ4v) is 3.01. The van der Waals surface area contributed by atoms with Crippen LogP contribution in [0, 0.1) is 13.8 Å². The van der Waals surface area contributed by atoms with Gasteiger partial charge >= 0.3 is 0 Å². The van der Waals surface area contributed by atoms with Gasteiger partial charge in [0.2, 0.25) is 17.2 Å². The van der Waals surface area contributed by atoms with Gasteiger partial charge in [-0.3, -0.25) is 14.2 Å². The quantitative estimate of drug-likeness (QED) is 0.586. The van der Waals surface area contributed by atoms with Crippen molar-refractivity contribution in [2.45, 2.75) is 20.4 Å². The highest BCUT2D eigenvalue weighted by Gasteiger charge is 2.16. The number of halogens is 1. The summed E-state index contributed by atoms with van der Waals surface area (Å²) in [6.07, 6.45) is 1.34. The summed E-state index contributed by atoms with van der Waals surface area (Å²) in [4.78, 5) is 33.6. The summed E-state index contributed by atoms with van der Waals surface area (Å²) >= 11 is 5.91. The molecule has 0 spiro atoms. The lowest BCUT2D eigenvalue weighted by atomic mass is 10.2. The summed E-state index contributed by atoms with van der Waals surface area (Å²) in [5.41, 5.74) is 2.80. The topological polar surface area (TPSA) is 90.0 Å². The molecule has 1 amide bonds. The summed E-state index contributed by atoms with van der Waals surface area (Å²) in [6.45, 7) is 3.60. The number of furan rings is 1. The molecule has 0 fully saturated rings. The molecule has 0 atom stereocenters. The maximum absolute atomic E-state index is 12.7. The first-order chi connectivity index (χ1) is 12.9. The van der Waals surface area contributed by atoms with Crippen molar-refractivity contribution in [3.05, 3.63) is 63.3 Å². The number of benzene rings is 1. The summed E-state index contributed by atoms with van der Waals surface area (Å²) < 4.78 is 6.82. The predicted molar refractivity (Wildman–Crippen MR) is 103 cm³/mol. The molecule has 27 heavy (non-hydrogen) atoms. The maximum Gasteiger partial charge on any atom is 0.297 e. The van der Waals surface area contributed by atoms with E-state index in [9.17, 15) is 9.59 Å². The first kappa shape index (κ1) is 17.2. The van der Waals surface area contributed by atoms with Crippen LogP contribution in [0.1, 0.15) is 11.3 Å². The molecule has 0 aliphatic carbocycles. The molecule has 0 radical (unpaired) electrons. The van der Waals surface area contributed by atoms with Crippen LogP contribution in [0.2, 0.25) is 5.02 Å². The van der Waals surface area contributed by atoms with Crippen molar-refractivity contribution in [1.29, 1.82) is 0 Å². The average Bonchev–Trinajstić information content (AvgIpc) is 2.96. The average molecular weight is 383 g/mol. The number of nitrogens with zero attached hydrogens (tertiary/aromatic N) is 3. The second-order valence-corrected chi connectivity index (χ2v) is 6.70. The van der Waals surface area contributed by atoms with Gasteiger partial charge in [0.25, 0.3) is 5.56 Å². The molecule has 136 valence electrons. The molecule has 7 nitrogen and oxygen atoms in total. The zero-order valence-corrected chi connectivity index (χ0v) is 15.4. The molecule has 4 rings (SSSR count). The molecule has 0 unspecified atom stereocenters. The van der Waals surface area contributed by atoms with Crippen molar-refractivity contribution < 1.29 is 9.21 Å². The number of hydrogen-bond acceptors (Lipinski definition) is 5. The number of nitrogens with one attached hydrogen (secondary N) is 1. The van der Waals surface area contributed by atoms with Crippen molar-refractivity contribution in [1.82, 2.24) is 14.5 Å². The van der Waals surface area contributed by atoms with Gasteiger partial charge < -0.3 is 9.73 Å². The maximum atomic E-state index is 12.7. The Bertz CT molecular complexity index is 1260. The van der Waals surface area contributed by atoms with E-state index in [4.69, 9.17) is 16.0 Å². The van der Waals surface area contributed by atoms with Crippen molar-refractivity contribution in [3.8, 4) is 0 Å². The third-order valence-corrected chi connectivity index (χ3v) is 4.54. The number of rotatable bonds is 3. The van der Waals surface area contributed by atoms with Gasteiger partial charge in [-0.2, -0.15) is 0 Å². The molecule has 0 aliphatic heterocycles. The molecule has 0 bridgehead atoms. The van der Waals surface area contributed by atoms with Gasteiger partial charge in [0.1, 0.15) is 12.1 Å². The number of carbonyl (C=O) groups excluding carboxylic acids is 1. The van der Waals surface area contributed by atoms with Crippen LogP contribution < -0.4 is 10.9 Å². The molecule has 3 aromatic heterocycles. The lowest BCUT2D eigenvalue weighted by Gasteiger charge is -2.07. The van der Waals surface area contributed by atoms with Crippen LogP contribution in [0.15, 0.2) is 45.9 Å². The van der Waals surface area contributed by atoms with E-state index in [0.717, 1.165) is 11.3 Å². The van der Waals surface area contributed by atoms with Crippen LogP contribution in [-0.4, -0.2) is 20.4 Å². The van der Waals surface area contributed by atoms with E-state index < -0.39 is 5.56 Å². The van der Waals surface area contributed by atoms with E-state index in [1.807, 2.05) is 19.9 Å². The molecule has 0 saturated heterocycles. The highest BCUT2D eigenvalue weighted by Crippen LogP contribution is 2.25. The third-order valence-electron chi connectivity index (χ3n) is 4.30. The Morgan fingerprint density at radius 2 is 2.11 bits per heavy atom. The second-order valence-electron chi connectivity index (χ2n) is 6.26.